The van der Waals surface area contributed by atoms with Crippen LogP contribution in [0.5, 0.6) is 5.75 Å². The zero-order chi connectivity index (χ0) is 14.0. The van der Waals surface area contributed by atoms with Crippen molar-refractivity contribution in [2.24, 2.45) is 5.92 Å². The Morgan fingerprint density at radius 1 is 1.11 bits per heavy atom. The van der Waals surface area contributed by atoms with E-state index in [1.165, 1.54) is 11.1 Å². The molecule has 0 spiro atoms. The second kappa shape index (κ2) is 6.07. The third-order valence-corrected chi connectivity index (χ3v) is 4.98. The first-order chi connectivity index (χ1) is 8.36. The first kappa shape index (κ1) is 15.5. The molecule has 0 aliphatic rings. The molecule has 0 radical (unpaired) electrons. The fraction of sp³-hybridized carbons (Fsp3) is 0.600. The molecule has 1 aromatic carbocycles. The lowest BCUT2D eigenvalue weighted by atomic mass is 9.84. The molecule has 0 saturated heterocycles. The van der Waals surface area contributed by atoms with E-state index < -0.39 is 0 Å². The molecule has 0 amide bonds. The Bertz CT molecular complexity index is 439. The van der Waals surface area contributed by atoms with Crippen LogP contribution in [0, 0.1) is 26.7 Å². The highest BCUT2D eigenvalue weighted by atomic mass is 79.9. The van der Waals surface area contributed by atoms with Crippen LogP contribution in [0.15, 0.2) is 4.47 Å². The number of methoxy groups -OCH3 is 1. The molecule has 0 aliphatic heterocycles. The Hall–Kier alpha value is -0.540. The number of halogens is 1. The molecule has 1 unspecified atom stereocenters. The van der Waals surface area contributed by atoms with Gasteiger partial charge in [0.2, 0.25) is 0 Å². The highest BCUT2D eigenvalue weighted by molar-refractivity contribution is 9.10. The molecule has 1 aromatic rings. The third-order valence-electron chi connectivity index (χ3n) is 3.79. The number of hydrogen-bond acceptors (Lipinski definition) is 2. The van der Waals surface area contributed by atoms with Crippen molar-refractivity contribution in [3.63, 3.8) is 0 Å². The zero-order valence-electron chi connectivity index (χ0n) is 12.1. The van der Waals surface area contributed by atoms with Crippen LogP contribution in [0.3, 0.4) is 0 Å². The summed E-state index contributed by atoms with van der Waals surface area (Å²) in [5, 5.41) is 9.67. The van der Waals surface area contributed by atoms with Crippen molar-refractivity contribution >= 4 is 15.9 Å². The first-order valence-corrected chi connectivity index (χ1v) is 7.10. The molecule has 0 fully saturated rings. The Morgan fingerprint density at radius 3 is 2.06 bits per heavy atom. The molecule has 1 N–H and O–H groups in total. The Labute approximate surface area is 118 Å². The van der Waals surface area contributed by atoms with Gasteiger partial charge in [0.15, 0.2) is 0 Å². The van der Waals surface area contributed by atoms with E-state index in [1.807, 2.05) is 0 Å². The van der Waals surface area contributed by atoms with Gasteiger partial charge in [0.25, 0.3) is 0 Å². The van der Waals surface area contributed by atoms with Gasteiger partial charge in [-0.1, -0.05) is 29.8 Å². The summed E-state index contributed by atoms with van der Waals surface area (Å²) in [4.78, 5) is 0. The molecule has 0 bridgehead atoms. The minimum absolute atomic E-state index is 0.107. The standard InChI is InChI=1S/C15H23BrO2/c1-8(2)12(7-17)13-11(5)14(16)9(3)10(4)15(13)18-6/h8,12,17H,7H2,1-6H3. The summed E-state index contributed by atoms with van der Waals surface area (Å²) < 4.78 is 6.71. The van der Waals surface area contributed by atoms with Gasteiger partial charge in [-0.15, -0.1) is 0 Å². The van der Waals surface area contributed by atoms with Gasteiger partial charge in [0.05, 0.1) is 13.7 Å². The summed E-state index contributed by atoms with van der Waals surface area (Å²) >= 11 is 3.65. The summed E-state index contributed by atoms with van der Waals surface area (Å²) in [7, 11) is 1.70. The van der Waals surface area contributed by atoms with E-state index in [-0.39, 0.29) is 12.5 Å². The molecular formula is C15H23BrO2. The van der Waals surface area contributed by atoms with Gasteiger partial charge < -0.3 is 9.84 Å². The van der Waals surface area contributed by atoms with Crippen LogP contribution in [-0.4, -0.2) is 18.8 Å². The quantitative estimate of drug-likeness (QED) is 0.906. The monoisotopic (exact) mass is 314 g/mol. The maximum Gasteiger partial charge on any atom is 0.125 e. The lowest BCUT2D eigenvalue weighted by Crippen LogP contribution is -2.15. The third kappa shape index (κ3) is 2.57. The molecule has 3 heteroatoms. The van der Waals surface area contributed by atoms with Crippen LogP contribution in [-0.2, 0) is 0 Å². The first-order valence-electron chi connectivity index (χ1n) is 6.30. The van der Waals surface area contributed by atoms with Gasteiger partial charge in [0.1, 0.15) is 5.75 Å². The predicted molar refractivity (Wildman–Crippen MR) is 79.6 cm³/mol. The highest BCUT2D eigenvalue weighted by Gasteiger charge is 2.25. The fourth-order valence-corrected chi connectivity index (χ4v) is 2.96. The van der Waals surface area contributed by atoms with Gasteiger partial charge in [-0.25, -0.2) is 0 Å². The molecule has 1 atom stereocenters. The number of rotatable bonds is 4. The number of hydrogen-bond donors (Lipinski definition) is 1. The van der Waals surface area contributed by atoms with Crippen molar-refractivity contribution in [2.45, 2.75) is 40.5 Å². The summed E-state index contributed by atoms with van der Waals surface area (Å²) in [5.41, 5.74) is 4.64. The number of ether oxygens (including phenoxy) is 1. The smallest absolute Gasteiger partial charge is 0.125 e. The SMILES string of the molecule is COc1c(C)c(C)c(Br)c(C)c1C(CO)C(C)C. The van der Waals surface area contributed by atoms with Crippen molar-refractivity contribution in [1.82, 2.24) is 0 Å². The van der Waals surface area contributed by atoms with E-state index in [4.69, 9.17) is 4.74 Å². The van der Waals surface area contributed by atoms with Crippen molar-refractivity contribution in [3.05, 3.63) is 26.7 Å². The number of aliphatic hydroxyl groups is 1. The van der Waals surface area contributed by atoms with E-state index in [2.05, 4.69) is 50.5 Å². The maximum absolute atomic E-state index is 9.67. The second-order valence-electron chi connectivity index (χ2n) is 5.17. The normalized spacial score (nSPS) is 12.9. The van der Waals surface area contributed by atoms with Crippen molar-refractivity contribution in [3.8, 4) is 5.75 Å². The van der Waals surface area contributed by atoms with Crippen molar-refractivity contribution < 1.29 is 9.84 Å². The lowest BCUT2D eigenvalue weighted by Gasteiger charge is -2.26. The Balaban J connectivity index is 3.60. The maximum atomic E-state index is 9.67. The van der Waals surface area contributed by atoms with E-state index in [0.29, 0.717) is 5.92 Å². The van der Waals surface area contributed by atoms with Gasteiger partial charge in [-0.05, 0) is 43.4 Å². The van der Waals surface area contributed by atoms with Crippen LogP contribution >= 0.6 is 15.9 Å². The van der Waals surface area contributed by atoms with E-state index in [1.54, 1.807) is 7.11 Å². The van der Waals surface area contributed by atoms with Crippen LogP contribution in [0.25, 0.3) is 0 Å². The summed E-state index contributed by atoms with van der Waals surface area (Å²) in [6.07, 6.45) is 0. The minimum atomic E-state index is 0.107. The largest absolute Gasteiger partial charge is 0.496 e. The van der Waals surface area contributed by atoms with Gasteiger partial charge in [-0.2, -0.15) is 0 Å². The van der Waals surface area contributed by atoms with Gasteiger partial charge in [-0.3, -0.25) is 0 Å². The summed E-state index contributed by atoms with van der Waals surface area (Å²) in [6.45, 7) is 10.6. The molecule has 18 heavy (non-hydrogen) atoms. The highest BCUT2D eigenvalue weighted by Crippen LogP contribution is 2.42. The summed E-state index contributed by atoms with van der Waals surface area (Å²) in [6, 6.07) is 0. The van der Waals surface area contributed by atoms with E-state index in [0.717, 1.165) is 21.3 Å². The number of benzene rings is 1. The molecule has 0 aromatic heterocycles. The average Bonchev–Trinajstić information content (AvgIpc) is 2.33. The molecule has 0 aliphatic carbocycles. The molecule has 102 valence electrons. The molecule has 0 heterocycles. The minimum Gasteiger partial charge on any atom is -0.496 e. The fourth-order valence-electron chi connectivity index (χ4n) is 2.45. The second-order valence-corrected chi connectivity index (χ2v) is 5.96. The summed E-state index contributed by atoms with van der Waals surface area (Å²) in [5.74, 6) is 1.40. The van der Waals surface area contributed by atoms with Gasteiger partial charge >= 0.3 is 0 Å². The lowest BCUT2D eigenvalue weighted by molar-refractivity contribution is 0.233. The van der Waals surface area contributed by atoms with Crippen LogP contribution in [0.4, 0.5) is 0 Å². The number of aliphatic hydroxyl groups excluding tert-OH is 1. The van der Waals surface area contributed by atoms with Crippen LogP contribution < -0.4 is 4.74 Å². The molecule has 1 rings (SSSR count). The average molecular weight is 315 g/mol. The van der Waals surface area contributed by atoms with Crippen molar-refractivity contribution in [1.29, 1.82) is 0 Å². The van der Waals surface area contributed by atoms with Crippen LogP contribution in [0.1, 0.15) is 42.0 Å². The molecule has 0 saturated carbocycles. The Morgan fingerprint density at radius 2 is 1.67 bits per heavy atom. The molecule has 2 nitrogen and oxygen atoms in total. The predicted octanol–water partition coefficient (Wildman–Crippen LogP) is 4.11. The molecular weight excluding hydrogens is 292 g/mol. The topological polar surface area (TPSA) is 29.5 Å². The van der Waals surface area contributed by atoms with E-state index >= 15 is 0 Å². The van der Waals surface area contributed by atoms with Crippen molar-refractivity contribution in [2.75, 3.05) is 13.7 Å². The van der Waals surface area contributed by atoms with Crippen LogP contribution in [0.2, 0.25) is 0 Å². The Kier molecular flexibility index (Phi) is 5.23. The zero-order valence-corrected chi connectivity index (χ0v) is 13.7. The van der Waals surface area contributed by atoms with Gasteiger partial charge in [0, 0.05) is 16.0 Å². The van der Waals surface area contributed by atoms with E-state index in [9.17, 15) is 5.11 Å².